The van der Waals surface area contributed by atoms with Crippen molar-refractivity contribution in [2.75, 3.05) is 17.4 Å². The quantitative estimate of drug-likeness (QED) is 0.442. The van der Waals surface area contributed by atoms with Gasteiger partial charge in [0.15, 0.2) is 0 Å². The summed E-state index contributed by atoms with van der Waals surface area (Å²) in [6, 6.07) is 22.7. The first kappa shape index (κ1) is 26.2. The topological polar surface area (TPSA) is 86.8 Å². The second-order valence-electron chi connectivity index (χ2n) is 7.85. The number of sulfonamides is 1. The monoisotopic (exact) mass is 513 g/mol. The number of para-hydroxylation sites is 1. The number of carbonyl (C=O) groups is 2. The van der Waals surface area contributed by atoms with Gasteiger partial charge in [0.1, 0.15) is 12.6 Å². The van der Waals surface area contributed by atoms with Crippen molar-refractivity contribution in [3.8, 4) is 0 Å². The van der Waals surface area contributed by atoms with Gasteiger partial charge in [-0.2, -0.15) is 0 Å². The van der Waals surface area contributed by atoms with Crippen molar-refractivity contribution in [1.82, 2.24) is 10.2 Å². The fourth-order valence-corrected chi connectivity index (χ4v) is 5.31. The molecule has 0 saturated carbocycles. The van der Waals surface area contributed by atoms with Crippen LogP contribution in [0.5, 0.6) is 0 Å². The predicted molar refractivity (Wildman–Crippen MR) is 138 cm³/mol. The van der Waals surface area contributed by atoms with Crippen LogP contribution in [0, 0.1) is 0 Å². The zero-order valence-electron chi connectivity index (χ0n) is 19.6. The zero-order valence-corrected chi connectivity index (χ0v) is 21.2. The predicted octanol–water partition coefficient (Wildman–Crippen LogP) is 4.09. The van der Waals surface area contributed by atoms with Gasteiger partial charge in [-0.05, 0) is 43.7 Å². The maximum absolute atomic E-state index is 13.7. The molecule has 0 aromatic heterocycles. The number of anilines is 1. The molecule has 0 aliphatic carbocycles. The Morgan fingerprint density at radius 2 is 1.49 bits per heavy atom. The Labute approximate surface area is 211 Å². The Morgan fingerprint density at radius 3 is 2.09 bits per heavy atom. The van der Waals surface area contributed by atoms with Crippen LogP contribution < -0.4 is 9.62 Å². The lowest BCUT2D eigenvalue weighted by Gasteiger charge is -2.32. The van der Waals surface area contributed by atoms with Crippen molar-refractivity contribution < 1.29 is 18.0 Å². The van der Waals surface area contributed by atoms with Gasteiger partial charge < -0.3 is 10.2 Å². The number of benzene rings is 3. The normalized spacial score (nSPS) is 12.0. The molecule has 0 aliphatic rings. The molecule has 3 rings (SSSR count). The van der Waals surface area contributed by atoms with Crippen molar-refractivity contribution in [3.63, 3.8) is 0 Å². The number of halogens is 1. The first-order valence-corrected chi connectivity index (χ1v) is 13.0. The molecule has 0 fully saturated rings. The summed E-state index contributed by atoms with van der Waals surface area (Å²) in [7, 11) is -4.13. The average molecular weight is 514 g/mol. The summed E-state index contributed by atoms with van der Waals surface area (Å²) < 4.78 is 28.2. The third-order valence-electron chi connectivity index (χ3n) is 5.45. The Kier molecular flexibility index (Phi) is 8.89. The van der Waals surface area contributed by atoms with E-state index in [1.165, 1.54) is 17.0 Å². The second kappa shape index (κ2) is 11.9. The molecule has 2 amide bonds. The lowest BCUT2D eigenvalue weighted by atomic mass is 10.1. The minimum absolute atomic E-state index is 0.0269. The van der Waals surface area contributed by atoms with Crippen LogP contribution in [0.1, 0.15) is 19.4 Å². The average Bonchev–Trinajstić information content (AvgIpc) is 2.87. The molecule has 1 atom stereocenters. The molecule has 0 heterocycles. The van der Waals surface area contributed by atoms with Crippen molar-refractivity contribution in [1.29, 1.82) is 0 Å². The summed E-state index contributed by atoms with van der Waals surface area (Å²) in [5.74, 6) is -0.862. The van der Waals surface area contributed by atoms with Gasteiger partial charge in [0.2, 0.25) is 11.8 Å². The number of nitrogens with one attached hydrogen (secondary N) is 1. The number of amides is 2. The van der Waals surface area contributed by atoms with Gasteiger partial charge in [-0.1, -0.05) is 72.3 Å². The van der Waals surface area contributed by atoms with E-state index in [0.717, 1.165) is 9.87 Å². The van der Waals surface area contributed by atoms with Crippen LogP contribution in [-0.2, 0) is 26.2 Å². The summed E-state index contributed by atoms with van der Waals surface area (Å²) in [4.78, 5) is 27.7. The lowest BCUT2D eigenvalue weighted by Crippen LogP contribution is -2.51. The smallest absolute Gasteiger partial charge is 0.264 e. The van der Waals surface area contributed by atoms with E-state index < -0.39 is 28.5 Å². The van der Waals surface area contributed by atoms with Crippen LogP contribution in [0.2, 0.25) is 5.02 Å². The fraction of sp³-hybridized carbons (Fsp3) is 0.231. The maximum Gasteiger partial charge on any atom is 0.264 e. The molecule has 0 radical (unpaired) electrons. The fourth-order valence-electron chi connectivity index (χ4n) is 3.57. The molecule has 184 valence electrons. The van der Waals surface area contributed by atoms with Crippen molar-refractivity contribution in [2.24, 2.45) is 0 Å². The minimum atomic E-state index is -4.13. The van der Waals surface area contributed by atoms with E-state index >= 15 is 0 Å². The lowest BCUT2D eigenvalue weighted by molar-refractivity contribution is -0.139. The highest BCUT2D eigenvalue weighted by Gasteiger charge is 2.33. The maximum atomic E-state index is 13.7. The van der Waals surface area contributed by atoms with Crippen LogP contribution in [-0.4, -0.2) is 44.3 Å². The van der Waals surface area contributed by atoms with E-state index in [-0.39, 0.29) is 28.1 Å². The standard InChI is InChI=1S/C26H28ClN3O4S/c1-3-28-26(32)20(2)29(18-21-12-6-4-7-13-21)25(31)19-30(24-17-11-10-16-23(24)27)35(33,34)22-14-8-5-9-15-22/h4-17,20H,3,18-19H2,1-2H3,(H,28,32). The van der Waals surface area contributed by atoms with Crippen molar-refractivity contribution in [2.45, 2.75) is 31.3 Å². The molecule has 3 aromatic carbocycles. The van der Waals surface area contributed by atoms with Crippen LogP contribution in [0.15, 0.2) is 89.8 Å². The highest BCUT2D eigenvalue weighted by Crippen LogP contribution is 2.30. The molecular weight excluding hydrogens is 486 g/mol. The summed E-state index contributed by atoms with van der Waals surface area (Å²) in [5, 5.41) is 2.92. The second-order valence-corrected chi connectivity index (χ2v) is 10.1. The molecular formula is C26H28ClN3O4S. The van der Waals surface area contributed by atoms with Gasteiger partial charge in [-0.25, -0.2) is 8.42 Å². The zero-order chi connectivity index (χ0) is 25.4. The van der Waals surface area contributed by atoms with Gasteiger partial charge in [-0.15, -0.1) is 0 Å². The minimum Gasteiger partial charge on any atom is -0.355 e. The molecule has 9 heteroatoms. The van der Waals surface area contributed by atoms with Crippen LogP contribution in [0.4, 0.5) is 5.69 Å². The van der Waals surface area contributed by atoms with Crippen LogP contribution in [0.25, 0.3) is 0 Å². The van der Waals surface area contributed by atoms with E-state index in [0.29, 0.717) is 6.54 Å². The highest BCUT2D eigenvalue weighted by atomic mass is 35.5. The van der Waals surface area contributed by atoms with E-state index in [2.05, 4.69) is 5.32 Å². The molecule has 35 heavy (non-hydrogen) atoms. The Hall–Kier alpha value is -3.36. The molecule has 7 nitrogen and oxygen atoms in total. The summed E-state index contributed by atoms with van der Waals surface area (Å²) >= 11 is 6.36. The number of hydrogen-bond donors (Lipinski definition) is 1. The molecule has 0 aliphatic heterocycles. The molecule has 0 bridgehead atoms. The van der Waals surface area contributed by atoms with Crippen molar-refractivity contribution >= 4 is 39.1 Å². The van der Waals surface area contributed by atoms with Crippen LogP contribution >= 0.6 is 11.6 Å². The van der Waals surface area contributed by atoms with Gasteiger partial charge in [-0.3, -0.25) is 13.9 Å². The van der Waals surface area contributed by atoms with Gasteiger partial charge in [0.05, 0.1) is 15.6 Å². The summed E-state index contributed by atoms with van der Waals surface area (Å²) in [5.41, 5.74) is 0.990. The van der Waals surface area contributed by atoms with E-state index in [1.54, 1.807) is 56.3 Å². The Morgan fingerprint density at radius 1 is 0.914 bits per heavy atom. The van der Waals surface area contributed by atoms with Gasteiger partial charge in [0.25, 0.3) is 10.0 Å². The largest absolute Gasteiger partial charge is 0.355 e. The number of likely N-dealkylation sites (N-methyl/N-ethyl adjacent to an activating group) is 1. The van der Waals surface area contributed by atoms with Crippen molar-refractivity contribution in [3.05, 3.63) is 95.5 Å². The van der Waals surface area contributed by atoms with E-state index in [1.807, 2.05) is 30.3 Å². The number of rotatable bonds is 10. The molecule has 1 N–H and O–H groups in total. The number of carbonyl (C=O) groups excluding carboxylic acids is 2. The summed E-state index contributed by atoms with van der Waals surface area (Å²) in [6.45, 7) is 3.43. The van der Waals surface area contributed by atoms with Gasteiger partial charge in [0, 0.05) is 13.1 Å². The van der Waals surface area contributed by atoms with Crippen LogP contribution in [0.3, 0.4) is 0 Å². The first-order valence-electron chi connectivity index (χ1n) is 11.2. The Balaban J connectivity index is 2.02. The molecule has 1 unspecified atom stereocenters. The SMILES string of the molecule is CCNC(=O)C(C)N(Cc1ccccc1)C(=O)CN(c1ccccc1Cl)S(=O)(=O)c1ccccc1. The number of hydrogen-bond acceptors (Lipinski definition) is 4. The van der Waals surface area contributed by atoms with E-state index in [4.69, 9.17) is 11.6 Å². The Bertz CT molecular complexity index is 1250. The molecule has 0 spiro atoms. The third kappa shape index (κ3) is 6.41. The van der Waals surface area contributed by atoms with Gasteiger partial charge >= 0.3 is 0 Å². The summed E-state index contributed by atoms with van der Waals surface area (Å²) in [6.07, 6.45) is 0. The first-order chi connectivity index (χ1) is 16.8. The molecule has 3 aromatic rings. The molecule has 0 saturated heterocycles. The highest BCUT2D eigenvalue weighted by molar-refractivity contribution is 7.92. The number of nitrogens with zero attached hydrogens (tertiary/aromatic N) is 2. The third-order valence-corrected chi connectivity index (χ3v) is 7.54. The van der Waals surface area contributed by atoms with E-state index in [9.17, 15) is 18.0 Å².